The van der Waals surface area contributed by atoms with Gasteiger partial charge in [-0.15, -0.1) is 13.2 Å². The molecule has 214 valence electrons. The molecule has 0 atom stereocenters. The van der Waals surface area contributed by atoms with Crippen molar-refractivity contribution >= 4 is 26.6 Å². The van der Waals surface area contributed by atoms with E-state index in [0.29, 0.717) is 43.7 Å². The molecule has 0 radical (unpaired) electrons. The van der Waals surface area contributed by atoms with E-state index in [1.54, 1.807) is 24.4 Å². The number of hydrogen-bond donors (Lipinski definition) is 0. The van der Waals surface area contributed by atoms with Crippen molar-refractivity contribution in [2.75, 3.05) is 26.2 Å². The molecule has 1 aliphatic heterocycles. The van der Waals surface area contributed by atoms with Crippen molar-refractivity contribution in [2.45, 2.75) is 23.6 Å². The van der Waals surface area contributed by atoms with Gasteiger partial charge in [0.25, 0.3) is 5.91 Å². The van der Waals surface area contributed by atoms with Crippen LogP contribution in [0.3, 0.4) is 0 Å². The molecule has 0 bridgehead atoms. The van der Waals surface area contributed by atoms with Crippen LogP contribution in [-0.4, -0.2) is 66.6 Å². The molecule has 1 saturated heterocycles. The summed E-state index contributed by atoms with van der Waals surface area (Å²) in [7, 11) is -4.14. The lowest BCUT2D eigenvalue weighted by molar-refractivity contribution is -0.274. The van der Waals surface area contributed by atoms with E-state index in [1.807, 2.05) is 4.90 Å². The van der Waals surface area contributed by atoms with Gasteiger partial charge in [0.05, 0.1) is 22.4 Å². The Bertz CT molecular complexity index is 1690. The van der Waals surface area contributed by atoms with Gasteiger partial charge in [-0.05, 0) is 35.9 Å². The molecule has 1 fully saturated rings. The van der Waals surface area contributed by atoms with Gasteiger partial charge in [-0.25, -0.2) is 12.8 Å². The summed E-state index contributed by atoms with van der Waals surface area (Å²) in [5.41, 5.74) is 0.566. The smallest absolute Gasteiger partial charge is 0.405 e. The highest BCUT2D eigenvalue weighted by Crippen LogP contribution is 2.32. The molecule has 0 saturated carbocycles. The van der Waals surface area contributed by atoms with Gasteiger partial charge < -0.3 is 9.64 Å². The Morgan fingerprint density at radius 1 is 0.976 bits per heavy atom. The fourth-order valence-corrected chi connectivity index (χ4v) is 6.28. The normalized spacial score (nSPS) is 14.8. The largest absolute Gasteiger partial charge is 0.573 e. The Hall–Kier alpha value is -4.10. The molecule has 0 N–H and O–H groups in total. The van der Waals surface area contributed by atoms with E-state index in [0.717, 1.165) is 18.3 Å². The number of carbonyl (C=O) groups excluding carboxylic acids is 1. The van der Waals surface area contributed by atoms with Gasteiger partial charge in [0.1, 0.15) is 11.6 Å². The number of aromatic nitrogens is 2. The van der Waals surface area contributed by atoms with Gasteiger partial charge >= 0.3 is 6.36 Å². The molecule has 0 aliphatic carbocycles. The molecule has 2 aromatic heterocycles. The molecule has 2 aromatic carbocycles. The van der Waals surface area contributed by atoms with Gasteiger partial charge in [-0.1, -0.05) is 24.3 Å². The first-order valence-corrected chi connectivity index (χ1v) is 14.2. The number of rotatable bonds is 7. The summed E-state index contributed by atoms with van der Waals surface area (Å²) in [5.74, 6) is -2.52. The van der Waals surface area contributed by atoms with Gasteiger partial charge in [0, 0.05) is 61.6 Å². The second-order valence-corrected chi connectivity index (χ2v) is 11.5. The quantitative estimate of drug-likeness (QED) is 0.292. The number of fused-ring (bicyclic) bond motifs is 1. The van der Waals surface area contributed by atoms with E-state index in [-0.39, 0.29) is 21.5 Å². The number of halogens is 4. The average Bonchev–Trinajstić information content (AvgIpc) is 2.93. The van der Waals surface area contributed by atoms with Crippen molar-refractivity contribution in [3.63, 3.8) is 0 Å². The van der Waals surface area contributed by atoms with E-state index in [1.165, 1.54) is 35.4 Å². The second kappa shape index (κ2) is 11.4. The minimum atomic E-state index is -5.11. The SMILES string of the molecule is O=C(c1ccc(CS(=O)(=O)c2cccc3cccnc23)c(OC(F)(F)F)c1)N1CCN(Cc2cncc(F)c2)CC1. The first kappa shape index (κ1) is 28.4. The monoisotopic (exact) mass is 588 g/mol. The van der Waals surface area contributed by atoms with Crippen molar-refractivity contribution in [2.24, 2.45) is 0 Å². The fraction of sp³-hybridized carbons (Fsp3) is 0.250. The number of alkyl halides is 3. The van der Waals surface area contributed by atoms with Crippen LogP contribution in [0.25, 0.3) is 10.9 Å². The topological polar surface area (TPSA) is 92.7 Å². The predicted octanol–water partition coefficient (Wildman–Crippen LogP) is 4.60. The number of amides is 1. The molecule has 41 heavy (non-hydrogen) atoms. The van der Waals surface area contributed by atoms with Crippen LogP contribution in [0.1, 0.15) is 21.5 Å². The number of carbonyl (C=O) groups is 1. The Morgan fingerprint density at radius 3 is 2.46 bits per heavy atom. The highest BCUT2D eigenvalue weighted by atomic mass is 32.2. The number of pyridine rings is 2. The lowest BCUT2D eigenvalue weighted by Gasteiger charge is -2.34. The zero-order chi connectivity index (χ0) is 29.2. The zero-order valence-electron chi connectivity index (χ0n) is 21.5. The summed E-state index contributed by atoms with van der Waals surface area (Å²) in [6, 6.07) is 12.6. The minimum Gasteiger partial charge on any atom is -0.405 e. The molecule has 5 rings (SSSR count). The summed E-state index contributed by atoms with van der Waals surface area (Å²) in [6.45, 7) is 1.95. The maximum Gasteiger partial charge on any atom is 0.573 e. The lowest BCUT2D eigenvalue weighted by Crippen LogP contribution is -2.48. The third-order valence-electron chi connectivity index (χ3n) is 6.64. The van der Waals surface area contributed by atoms with Crippen LogP contribution in [0.15, 0.2) is 78.1 Å². The highest BCUT2D eigenvalue weighted by molar-refractivity contribution is 7.90. The summed E-state index contributed by atoms with van der Waals surface area (Å²) in [5, 5.41) is 0.564. The Balaban J connectivity index is 1.34. The molecule has 4 aromatic rings. The lowest BCUT2D eigenvalue weighted by atomic mass is 10.1. The van der Waals surface area contributed by atoms with Crippen molar-refractivity contribution in [1.29, 1.82) is 0 Å². The molecule has 13 heteroatoms. The van der Waals surface area contributed by atoms with Crippen LogP contribution >= 0.6 is 0 Å². The van der Waals surface area contributed by atoms with Crippen molar-refractivity contribution in [1.82, 2.24) is 19.8 Å². The van der Waals surface area contributed by atoms with Crippen LogP contribution < -0.4 is 4.74 Å². The summed E-state index contributed by atoms with van der Waals surface area (Å²) in [4.78, 5) is 24.5. The van der Waals surface area contributed by atoms with Crippen molar-refractivity contribution < 1.29 is 35.5 Å². The number of hydrogen-bond acceptors (Lipinski definition) is 7. The summed E-state index contributed by atoms with van der Waals surface area (Å²) < 4.78 is 84.1. The standard InChI is InChI=1S/C28H24F4N4O4S/c29-23-13-19(15-33-16-23)17-35-9-11-36(12-10-35)27(37)21-6-7-22(24(14-21)40-28(30,31)32)18-41(38,39)25-5-1-3-20-4-2-8-34-26(20)25/h1-8,13-16H,9-12,17-18H2. The van der Waals surface area contributed by atoms with Crippen LogP contribution in [0.4, 0.5) is 17.6 Å². The van der Waals surface area contributed by atoms with Crippen LogP contribution in [0.5, 0.6) is 5.75 Å². The summed E-state index contributed by atoms with van der Waals surface area (Å²) >= 11 is 0. The third kappa shape index (κ3) is 6.80. The van der Waals surface area contributed by atoms with Crippen molar-refractivity contribution in [3.05, 3.63) is 95.7 Å². The maximum absolute atomic E-state index is 13.4. The van der Waals surface area contributed by atoms with Crippen LogP contribution in [0.2, 0.25) is 0 Å². The fourth-order valence-electron chi connectivity index (χ4n) is 4.73. The molecule has 1 amide bonds. The highest BCUT2D eigenvalue weighted by Gasteiger charge is 2.34. The molecular weight excluding hydrogens is 564 g/mol. The van der Waals surface area contributed by atoms with Gasteiger partial charge in [0.2, 0.25) is 0 Å². The Labute approximate surface area is 233 Å². The van der Waals surface area contributed by atoms with Crippen LogP contribution in [0, 0.1) is 5.82 Å². The molecule has 3 heterocycles. The van der Waals surface area contributed by atoms with E-state index >= 15 is 0 Å². The van der Waals surface area contributed by atoms with Crippen LogP contribution in [-0.2, 0) is 22.1 Å². The second-order valence-electron chi connectivity index (χ2n) is 9.54. The number of nitrogens with zero attached hydrogens (tertiary/aromatic N) is 4. The number of ether oxygens (including phenoxy) is 1. The zero-order valence-corrected chi connectivity index (χ0v) is 22.3. The summed E-state index contributed by atoms with van der Waals surface area (Å²) in [6.07, 6.45) is -1.02. The molecule has 0 unspecified atom stereocenters. The number of sulfone groups is 1. The average molecular weight is 589 g/mol. The van der Waals surface area contributed by atoms with E-state index in [9.17, 15) is 30.8 Å². The number of piperazine rings is 1. The van der Waals surface area contributed by atoms with Gasteiger partial charge in [0.15, 0.2) is 9.84 Å². The van der Waals surface area contributed by atoms with E-state index in [4.69, 9.17) is 0 Å². The minimum absolute atomic E-state index is 0.0694. The van der Waals surface area contributed by atoms with Crippen molar-refractivity contribution in [3.8, 4) is 5.75 Å². The maximum atomic E-state index is 13.4. The molecule has 1 aliphatic rings. The van der Waals surface area contributed by atoms with E-state index < -0.39 is 39.4 Å². The molecule has 8 nitrogen and oxygen atoms in total. The Morgan fingerprint density at radius 2 is 1.73 bits per heavy atom. The third-order valence-corrected chi connectivity index (χ3v) is 8.33. The molecule has 0 spiro atoms. The predicted molar refractivity (Wildman–Crippen MR) is 141 cm³/mol. The van der Waals surface area contributed by atoms with E-state index in [2.05, 4.69) is 14.7 Å². The molecular formula is C28H24F4N4O4S. The Kier molecular flexibility index (Phi) is 7.91. The van der Waals surface area contributed by atoms with Gasteiger partial charge in [-0.2, -0.15) is 0 Å². The number of para-hydroxylation sites is 1. The van der Waals surface area contributed by atoms with Gasteiger partial charge in [-0.3, -0.25) is 19.7 Å². The number of benzene rings is 2. The first-order chi connectivity index (χ1) is 19.5. The first-order valence-electron chi connectivity index (χ1n) is 12.5.